The highest BCUT2D eigenvalue weighted by Gasteiger charge is 2.13. The topological polar surface area (TPSA) is 60.6 Å². The normalized spacial score (nSPS) is 11.2. The number of rotatable bonds is 7. The maximum atomic E-state index is 12.7. The number of nitrogens with one attached hydrogen (secondary N) is 1. The highest BCUT2D eigenvalue weighted by Crippen LogP contribution is 2.28. The lowest BCUT2D eigenvalue weighted by Gasteiger charge is -2.11. The Morgan fingerprint density at radius 2 is 2.17 bits per heavy atom. The molecule has 6 nitrogen and oxygen atoms in total. The predicted molar refractivity (Wildman–Crippen MR) is 87.1 cm³/mol. The van der Waals surface area contributed by atoms with Crippen molar-refractivity contribution in [2.75, 3.05) is 11.9 Å². The summed E-state index contributed by atoms with van der Waals surface area (Å²) < 4.78 is 28.0. The van der Waals surface area contributed by atoms with Gasteiger partial charge in [-0.3, -0.25) is 0 Å². The summed E-state index contributed by atoms with van der Waals surface area (Å²) in [6, 6.07) is 3.18. The number of nitrogens with zero attached hydrogens (tertiary/aromatic N) is 5. The van der Waals surface area contributed by atoms with Crippen LogP contribution < -0.4 is 5.32 Å². The average Bonchev–Trinajstić information content (AvgIpc) is 3.23. The van der Waals surface area contributed by atoms with Gasteiger partial charge >= 0.3 is 6.55 Å². The lowest BCUT2D eigenvalue weighted by atomic mass is 10.1. The first kappa shape index (κ1) is 16.4. The number of hydrogen-bond donors (Lipinski definition) is 1. The first-order chi connectivity index (χ1) is 11.6. The molecule has 0 spiro atoms. The number of aryl methyl sites for hydroxylation is 1. The molecule has 24 heavy (non-hydrogen) atoms. The van der Waals surface area contributed by atoms with E-state index in [2.05, 4.69) is 20.4 Å². The minimum Gasteiger partial charge on any atom is -0.384 e. The van der Waals surface area contributed by atoms with E-state index >= 15 is 0 Å². The summed E-state index contributed by atoms with van der Waals surface area (Å²) >= 11 is 5.94. The van der Waals surface area contributed by atoms with Crippen molar-refractivity contribution in [2.24, 2.45) is 0 Å². The quantitative estimate of drug-likeness (QED) is 0.520. The van der Waals surface area contributed by atoms with E-state index in [1.54, 1.807) is 18.6 Å². The van der Waals surface area contributed by atoms with Crippen LogP contribution in [0.15, 0.2) is 43.2 Å². The number of hydrogen-bond acceptors (Lipinski definition) is 4. The van der Waals surface area contributed by atoms with Crippen molar-refractivity contribution in [1.29, 1.82) is 0 Å². The van der Waals surface area contributed by atoms with Crippen molar-refractivity contribution in [3.8, 4) is 11.3 Å². The van der Waals surface area contributed by atoms with E-state index in [1.807, 2.05) is 10.8 Å². The van der Waals surface area contributed by atoms with Crippen molar-refractivity contribution < 1.29 is 8.78 Å². The van der Waals surface area contributed by atoms with E-state index in [0.717, 1.165) is 13.0 Å². The number of alkyl halides is 2. The van der Waals surface area contributed by atoms with E-state index in [-0.39, 0.29) is 0 Å². The zero-order chi connectivity index (χ0) is 16.9. The molecule has 0 saturated heterocycles. The average molecular weight is 353 g/mol. The van der Waals surface area contributed by atoms with E-state index in [1.165, 1.54) is 18.5 Å². The molecule has 0 aliphatic carbocycles. The molecule has 0 unspecified atom stereocenters. The first-order valence-electron chi connectivity index (χ1n) is 7.32. The second kappa shape index (κ2) is 7.39. The van der Waals surface area contributed by atoms with Crippen LogP contribution in [0, 0.1) is 0 Å². The second-order valence-electron chi connectivity index (χ2n) is 5.09. The highest BCUT2D eigenvalue weighted by atomic mass is 35.5. The molecule has 0 bridgehead atoms. The Hall–Kier alpha value is -2.48. The van der Waals surface area contributed by atoms with Gasteiger partial charge in [-0.2, -0.15) is 13.9 Å². The second-order valence-corrected chi connectivity index (χ2v) is 5.48. The van der Waals surface area contributed by atoms with Crippen LogP contribution in [0.5, 0.6) is 0 Å². The molecular weight excluding hydrogens is 338 g/mol. The van der Waals surface area contributed by atoms with E-state index in [9.17, 15) is 8.78 Å². The fraction of sp³-hybridized carbons (Fsp3) is 0.267. The standard InChI is InChI=1S/C15H15ClF2N6/c16-14-8-13(20-3-1-5-23-7-4-19-10-23)11(9-21-14)12-2-6-24(22-12)15(17)18/h2,4,6-10,15H,1,3,5H2,(H,20,21). The molecule has 9 heteroatoms. The monoisotopic (exact) mass is 352 g/mol. The summed E-state index contributed by atoms with van der Waals surface area (Å²) in [5.41, 5.74) is 1.75. The van der Waals surface area contributed by atoms with Gasteiger partial charge in [0.1, 0.15) is 5.15 Å². The lowest BCUT2D eigenvalue weighted by molar-refractivity contribution is 0.0568. The number of halogens is 3. The third-order valence-electron chi connectivity index (χ3n) is 3.42. The van der Waals surface area contributed by atoms with Gasteiger partial charge in [-0.05, 0) is 18.6 Å². The van der Waals surface area contributed by atoms with Gasteiger partial charge in [0.2, 0.25) is 0 Å². The van der Waals surface area contributed by atoms with Crippen LogP contribution in [-0.2, 0) is 6.54 Å². The van der Waals surface area contributed by atoms with Crippen molar-refractivity contribution in [3.05, 3.63) is 48.4 Å². The summed E-state index contributed by atoms with van der Waals surface area (Å²) in [6.07, 6.45) is 9.00. The van der Waals surface area contributed by atoms with Gasteiger partial charge in [-0.25, -0.2) is 14.6 Å². The van der Waals surface area contributed by atoms with E-state index in [0.29, 0.717) is 33.3 Å². The van der Waals surface area contributed by atoms with Gasteiger partial charge < -0.3 is 9.88 Å². The van der Waals surface area contributed by atoms with E-state index in [4.69, 9.17) is 11.6 Å². The Balaban J connectivity index is 1.70. The summed E-state index contributed by atoms with van der Waals surface area (Å²) in [5.74, 6) is 0. The Bertz CT molecular complexity index is 787. The molecule has 0 radical (unpaired) electrons. The Labute approximate surface area is 142 Å². The lowest BCUT2D eigenvalue weighted by Crippen LogP contribution is -2.07. The molecule has 0 atom stereocenters. The molecule has 1 N–H and O–H groups in total. The van der Waals surface area contributed by atoms with Gasteiger partial charge in [0.25, 0.3) is 0 Å². The van der Waals surface area contributed by atoms with Crippen molar-refractivity contribution in [3.63, 3.8) is 0 Å². The smallest absolute Gasteiger partial charge is 0.333 e. The van der Waals surface area contributed by atoms with Gasteiger partial charge in [0, 0.05) is 49.1 Å². The minimum atomic E-state index is -2.68. The molecular formula is C15H15ClF2N6. The fourth-order valence-electron chi connectivity index (χ4n) is 2.27. The maximum absolute atomic E-state index is 12.7. The Morgan fingerprint density at radius 3 is 2.88 bits per heavy atom. The number of pyridine rings is 1. The number of anilines is 1. The third-order valence-corrected chi connectivity index (χ3v) is 3.63. The van der Waals surface area contributed by atoms with Crippen LogP contribution in [0.2, 0.25) is 5.15 Å². The summed E-state index contributed by atoms with van der Waals surface area (Å²) in [7, 11) is 0. The predicted octanol–water partition coefficient (Wildman–Crippen LogP) is 3.69. The Morgan fingerprint density at radius 1 is 1.29 bits per heavy atom. The SMILES string of the molecule is FC(F)n1ccc(-c2cnc(Cl)cc2NCCCn2ccnc2)n1. The van der Waals surface area contributed by atoms with Crippen LogP contribution in [0.1, 0.15) is 13.0 Å². The van der Waals surface area contributed by atoms with Gasteiger partial charge in [0.05, 0.1) is 12.0 Å². The van der Waals surface area contributed by atoms with Crippen LogP contribution in [0.3, 0.4) is 0 Å². The van der Waals surface area contributed by atoms with Crippen molar-refractivity contribution in [1.82, 2.24) is 24.3 Å². The number of imidazole rings is 1. The molecule has 0 aliphatic heterocycles. The van der Waals surface area contributed by atoms with Crippen LogP contribution in [0.4, 0.5) is 14.5 Å². The molecule has 0 aromatic carbocycles. The van der Waals surface area contributed by atoms with Crippen LogP contribution in [-0.4, -0.2) is 30.9 Å². The summed E-state index contributed by atoms with van der Waals surface area (Å²) in [5, 5.41) is 7.45. The van der Waals surface area contributed by atoms with Crippen LogP contribution in [0.25, 0.3) is 11.3 Å². The molecule has 3 aromatic heterocycles. The third kappa shape index (κ3) is 3.88. The Kier molecular flexibility index (Phi) is 5.05. The van der Waals surface area contributed by atoms with Gasteiger partial charge in [0.15, 0.2) is 0 Å². The largest absolute Gasteiger partial charge is 0.384 e. The van der Waals surface area contributed by atoms with Crippen LogP contribution >= 0.6 is 11.6 Å². The fourth-order valence-corrected chi connectivity index (χ4v) is 2.43. The molecule has 0 aliphatic rings. The summed E-state index contributed by atoms with van der Waals surface area (Å²) in [4.78, 5) is 8.00. The van der Waals surface area contributed by atoms with E-state index < -0.39 is 6.55 Å². The van der Waals surface area contributed by atoms with Crippen molar-refractivity contribution in [2.45, 2.75) is 19.5 Å². The van der Waals surface area contributed by atoms with Gasteiger partial charge in [-0.1, -0.05) is 11.6 Å². The molecule has 3 heterocycles. The molecule has 0 saturated carbocycles. The minimum absolute atomic E-state index is 0.323. The maximum Gasteiger partial charge on any atom is 0.333 e. The first-order valence-corrected chi connectivity index (χ1v) is 7.70. The highest BCUT2D eigenvalue weighted by molar-refractivity contribution is 6.29. The molecule has 0 amide bonds. The zero-order valence-corrected chi connectivity index (χ0v) is 13.4. The number of aromatic nitrogens is 5. The molecule has 0 fully saturated rings. The molecule has 3 rings (SSSR count). The molecule has 3 aromatic rings. The van der Waals surface area contributed by atoms with Gasteiger partial charge in [-0.15, -0.1) is 0 Å². The molecule has 126 valence electrons. The zero-order valence-electron chi connectivity index (χ0n) is 12.6. The van der Waals surface area contributed by atoms with Crippen molar-refractivity contribution >= 4 is 17.3 Å². The summed E-state index contributed by atoms with van der Waals surface area (Å²) in [6.45, 7) is -1.17.